The van der Waals surface area contributed by atoms with Gasteiger partial charge in [-0.3, -0.25) is 0 Å². The second kappa shape index (κ2) is 114. The van der Waals surface area contributed by atoms with Gasteiger partial charge in [-0.05, 0) is 0 Å². The van der Waals surface area contributed by atoms with Crippen molar-refractivity contribution < 1.29 is 860 Å². The molecule has 0 aliphatic heterocycles. The first-order valence-corrected chi connectivity index (χ1v) is 5.12. The monoisotopic (exact) mass is 2540 g/mol. The standard InChI is InChI=1S/C13H13NO2.CH3.26Y/c1-6-5-10-11(8(3)7(6)2)9(4)12(14-10)13(15)16;;;;;;;;;;;;;;;;;;;;;;;;;;;/h1-4H3,(H,15,16);1H3;;;;;;;;;;;;;;;;;;;;;;;;;;/q-2;-1;;;;;;;;;;;;;;;;;;;;;;;;;;. The molecule has 1 aromatic heterocycles. The Bertz CT molecular complexity index is 636. The van der Waals surface area contributed by atoms with Crippen LogP contribution in [0.5, 0.6) is 0 Å². The number of benzene rings is 1. The number of hydrogen-bond acceptors (Lipinski definition) is 1. The Morgan fingerprint density at radius 3 is 0.907 bits per heavy atom. The summed E-state index contributed by atoms with van der Waals surface area (Å²) in [5.74, 6) is -0.975. The van der Waals surface area contributed by atoms with Crippen LogP contribution in [0.2, 0.25) is 0 Å². The summed E-state index contributed by atoms with van der Waals surface area (Å²) in [7, 11) is 0. The Morgan fingerprint density at radius 2 is 0.698 bits per heavy atom. The van der Waals surface area contributed by atoms with Crippen LogP contribution in [0.25, 0.3) is 10.9 Å². The summed E-state index contributed by atoms with van der Waals surface area (Å²) in [4.78, 5) is 15.1. The molecule has 1 N–H and O–H groups in total. The molecular formula is C14H16NO2Y26-3. The minimum Gasteiger partial charge on any atom is -0.673 e. The number of nitrogens with zero attached hydrogens (tertiary/aromatic N) is 1. The first-order chi connectivity index (χ1) is 7.43. The van der Waals surface area contributed by atoms with E-state index in [1.54, 1.807) is 6.92 Å². The number of carboxylic acids is 1. The molecule has 0 unspecified atom stereocenters. The molecule has 29 heteroatoms. The van der Waals surface area contributed by atoms with Gasteiger partial charge in [0, 0.05) is 850 Å². The quantitative estimate of drug-likeness (QED) is 0.448. The molecule has 2 aromatic rings. The number of hydrogen-bond donors (Lipinski definition) is 1. The molecule has 3 nitrogen and oxygen atoms in total. The maximum atomic E-state index is 11.0. The Hall–Kier alpha value is 26.9. The van der Waals surface area contributed by atoms with Gasteiger partial charge in [0.1, 0.15) is 0 Å². The molecule has 0 atom stereocenters. The van der Waals surface area contributed by atoms with E-state index in [0.717, 1.165) is 27.6 Å². The summed E-state index contributed by atoms with van der Waals surface area (Å²) in [6.07, 6.45) is 0. The third kappa shape index (κ3) is 78.0. The van der Waals surface area contributed by atoms with E-state index < -0.39 is 5.97 Å². The summed E-state index contributed by atoms with van der Waals surface area (Å²) < 4.78 is 0. The molecule has 26 radical (unpaired) electrons. The first kappa shape index (κ1) is 172. The summed E-state index contributed by atoms with van der Waals surface area (Å²) in [5, 5.41) is 9.95. The smallest absolute Gasteiger partial charge is 0.312 e. The van der Waals surface area contributed by atoms with Crippen molar-refractivity contribution in [2.24, 2.45) is 0 Å². The summed E-state index contributed by atoms with van der Waals surface area (Å²) in [6, 6.07) is 3.14. The molecule has 0 fully saturated rings. The molecule has 0 saturated heterocycles. The zero-order chi connectivity index (χ0) is 12.0. The van der Waals surface area contributed by atoms with Gasteiger partial charge in [-0.2, -0.15) is 22.8 Å². The van der Waals surface area contributed by atoms with Crippen LogP contribution in [0.4, 0.5) is 0 Å². The molecule has 1 heterocycles. The van der Waals surface area contributed by atoms with E-state index in [2.05, 4.69) is 11.1 Å². The van der Waals surface area contributed by atoms with Crippen molar-refractivity contribution in [2.75, 3.05) is 0 Å². The Kier molecular flexibility index (Phi) is 455. The average molecular weight is 2540 g/mol. The predicted molar refractivity (Wildman–Crippen MR) is 68.4 cm³/mol. The SMILES string of the molecule is Cc1[c-]c2[n-]c(C(=O)O)c(C)c2c(C)c1C.[CH3-].[Y].[Y].[Y].[Y].[Y].[Y].[Y].[Y].[Y].[Y].[Y].[Y].[Y].[Y].[Y].[Y].[Y].[Y].[Y].[Y].[Y].[Y].[Y].[Y].[Y].[Y]. The van der Waals surface area contributed by atoms with Crippen LogP contribution in [0.3, 0.4) is 0 Å². The van der Waals surface area contributed by atoms with Crippen LogP contribution >= 0.6 is 0 Å². The molecule has 1 aromatic carbocycles. The molecule has 0 aliphatic carbocycles. The maximum absolute atomic E-state index is 11.0. The fourth-order valence-corrected chi connectivity index (χ4v) is 2.05. The van der Waals surface area contributed by atoms with Gasteiger partial charge in [-0.25, -0.2) is 10.3 Å². The van der Waals surface area contributed by atoms with Gasteiger partial charge in [0.2, 0.25) is 0 Å². The largest absolute Gasteiger partial charge is 0.673 e. The van der Waals surface area contributed by atoms with E-state index in [4.69, 9.17) is 5.11 Å². The van der Waals surface area contributed by atoms with E-state index in [9.17, 15) is 4.79 Å². The van der Waals surface area contributed by atoms with Crippen LogP contribution in [0, 0.1) is 41.2 Å². The van der Waals surface area contributed by atoms with E-state index in [1.165, 1.54) is 0 Å². The predicted octanol–water partition coefficient (Wildman–Crippen LogP) is 2.91. The number of aryl methyl sites for hydroxylation is 3. The van der Waals surface area contributed by atoms with Gasteiger partial charge in [0.05, 0.1) is 0 Å². The zero-order valence-electron chi connectivity index (χ0n) is 25.8. The number of aromatic nitrogens is 1. The fourth-order valence-electron chi connectivity index (χ4n) is 2.05. The molecule has 0 spiro atoms. The van der Waals surface area contributed by atoms with Gasteiger partial charge in [0.15, 0.2) is 0 Å². The van der Waals surface area contributed by atoms with Crippen molar-refractivity contribution in [3.8, 4) is 0 Å². The van der Waals surface area contributed by atoms with Crippen molar-refractivity contribution in [2.45, 2.75) is 27.7 Å². The molecule has 0 amide bonds. The number of aromatic carboxylic acids is 1. The van der Waals surface area contributed by atoms with Crippen LogP contribution < -0.4 is 4.98 Å². The molecule has 43 heavy (non-hydrogen) atoms. The van der Waals surface area contributed by atoms with Crippen molar-refractivity contribution in [1.29, 1.82) is 0 Å². The number of carboxylic acid groups (broad SMARTS) is 1. The Labute approximate surface area is 917 Å². The van der Waals surface area contributed by atoms with Crippen LogP contribution in [-0.4, -0.2) is 11.1 Å². The van der Waals surface area contributed by atoms with E-state index >= 15 is 0 Å². The second-order valence-electron chi connectivity index (χ2n) is 4.11. The van der Waals surface area contributed by atoms with Crippen LogP contribution in [0.1, 0.15) is 32.7 Å². The fraction of sp³-hybridized carbons (Fsp3) is 0.286. The third-order valence-corrected chi connectivity index (χ3v) is 3.20. The van der Waals surface area contributed by atoms with Gasteiger partial charge in [-0.15, -0.1) is 10.9 Å². The molecule has 2 rings (SSSR count). The first-order valence-electron chi connectivity index (χ1n) is 5.12. The van der Waals surface area contributed by atoms with E-state index in [-0.39, 0.29) is 864 Å². The summed E-state index contributed by atoms with van der Waals surface area (Å²) in [6.45, 7) is 7.78. The van der Waals surface area contributed by atoms with Crippen molar-refractivity contribution >= 4 is 16.9 Å². The van der Waals surface area contributed by atoms with Crippen molar-refractivity contribution in [3.63, 3.8) is 0 Å². The number of fused-ring (bicyclic) bond motifs is 1. The minimum absolute atomic E-state index is 0. The topological polar surface area (TPSA) is 51.4 Å². The minimum atomic E-state index is -0.975. The van der Waals surface area contributed by atoms with Gasteiger partial charge < -0.3 is 17.5 Å². The van der Waals surface area contributed by atoms with E-state index in [0.29, 0.717) is 5.52 Å². The number of rotatable bonds is 1. The molecule has 170 valence electrons. The van der Waals surface area contributed by atoms with Gasteiger partial charge in [0.25, 0.3) is 0 Å². The van der Waals surface area contributed by atoms with Crippen molar-refractivity contribution in [3.05, 3.63) is 41.4 Å². The zero-order valence-corrected chi connectivity index (χ0v) is 99.6. The molecule has 0 bridgehead atoms. The summed E-state index contributed by atoms with van der Waals surface area (Å²) >= 11 is 0. The van der Waals surface area contributed by atoms with Crippen LogP contribution in [0.15, 0.2) is 0 Å². The molecular weight excluding hydrogens is 2530 g/mol. The maximum Gasteiger partial charge on any atom is 0.312 e. The van der Waals surface area contributed by atoms with E-state index in [1.807, 2.05) is 20.8 Å². The van der Waals surface area contributed by atoms with Crippen molar-refractivity contribution in [1.82, 2.24) is 4.98 Å². The Morgan fingerprint density at radius 1 is 0.465 bits per heavy atom. The molecule has 0 aliphatic rings. The summed E-state index contributed by atoms with van der Waals surface area (Å²) in [5.41, 5.74) is 4.82. The third-order valence-electron chi connectivity index (χ3n) is 3.20. The number of carbonyl (C=O) groups is 1. The van der Waals surface area contributed by atoms with Crippen LogP contribution in [-0.2, 0) is 850 Å². The average Bonchev–Trinajstić information content (AvgIpc) is 2.52. The van der Waals surface area contributed by atoms with Gasteiger partial charge >= 0.3 is 5.97 Å². The molecule has 0 saturated carbocycles. The Balaban J connectivity index is -0.00000000446. The second-order valence-corrected chi connectivity index (χ2v) is 4.11. The van der Waals surface area contributed by atoms with Gasteiger partial charge in [-0.1, -0.05) is 33.4 Å². The normalized spacial score (nSPS) is 4.09.